The molecule has 4 amide bonds. The van der Waals surface area contributed by atoms with Gasteiger partial charge in [-0.2, -0.15) is 0 Å². The van der Waals surface area contributed by atoms with Gasteiger partial charge in [0.25, 0.3) is 0 Å². The summed E-state index contributed by atoms with van der Waals surface area (Å²) >= 11 is 0. The molecule has 1 aromatic carbocycles. The largest absolute Gasteiger partial charge is 0.357 e. The third kappa shape index (κ3) is 2.98. The molecule has 0 bridgehead atoms. The Bertz CT molecular complexity index is 662. The molecular formula is C17H20FN3O3. The number of likely N-dealkylation sites (N-methyl/N-ethyl adjacent to an activating group) is 1. The lowest BCUT2D eigenvalue weighted by Gasteiger charge is -2.42. The van der Waals surface area contributed by atoms with Crippen LogP contribution in [0.15, 0.2) is 24.3 Å². The fourth-order valence-corrected chi connectivity index (χ4v) is 3.34. The molecule has 0 spiro atoms. The number of hydrogen-bond donors (Lipinski definition) is 1. The van der Waals surface area contributed by atoms with Crippen LogP contribution in [0.1, 0.15) is 30.7 Å². The van der Waals surface area contributed by atoms with Crippen LogP contribution in [0.3, 0.4) is 0 Å². The van der Waals surface area contributed by atoms with Crippen molar-refractivity contribution in [2.75, 3.05) is 20.1 Å². The van der Waals surface area contributed by atoms with Gasteiger partial charge in [0.2, 0.25) is 11.8 Å². The zero-order valence-electron chi connectivity index (χ0n) is 13.5. The summed E-state index contributed by atoms with van der Waals surface area (Å²) in [6.45, 7) is 1.02. The Morgan fingerprint density at radius 3 is 2.58 bits per heavy atom. The lowest BCUT2D eigenvalue weighted by atomic mass is 9.90. The number of likely N-dealkylation sites (tertiary alicyclic amines) is 2. The van der Waals surface area contributed by atoms with Gasteiger partial charge < -0.3 is 10.2 Å². The summed E-state index contributed by atoms with van der Waals surface area (Å²) in [5.74, 6) is -0.826. The van der Waals surface area contributed by atoms with E-state index < -0.39 is 12.1 Å². The Morgan fingerprint density at radius 2 is 1.96 bits per heavy atom. The van der Waals surface area contributed by atoms with E-state index in [1.165, 1.54) is 19.2 Å². The molecule has 0 aromatic heterocycles. The van der Waals surface area contributed by atoms with Crippen molar-refractivity contribution in [2.45, 2.75) is 31.2 Å². The van der Waals surface area contributed by atoms with E-state index in [-0.39, 0.29) is 30.0 Å². The van der Waals surface area contributed by atoms with Crippen molar-refractivity contribution >= 4 is 17.8 Å². The molecule has 2 unspecified atom stereocenters. The number of nitrogens with zero attached hydrogens (tertiary/aromatic N) is 2. The minimum absolute atomic E-state index is 0.0701. The van der Waals surface area contributed by atoms with Crippen molar-refractivity contribution in [2.24, 2.45) is 0 Å². The molecule has 2 fully saturated rings. The summed E-state index contributed by atoms with van der Waals surface area (Å²) in [4.78, 5) is 38.8. The first kappa shape index (κ1) is 16.4. The van der Waals surface area contributed by atoms with Crippen molar-refractivity contribution in [3.8, 4) is 0 Å². The number of rotatable bonds is 2. The summed E-state index contributed by atoms with van der Waals surface area (Å²) in [5, 5.41) is 2.48. The Balaban J connectivity index is 1.70. The van der Waals surface area contributed by atoms with Crippen LogP contribution in [-0.2, 0) is 9.59 Å². The second-order valence-electron chi connectivity index (χ2n) is 6.22. The minimum atomic E-state index is -0.707. The average molecular weight is 333 g/mol. The zero-order valence-corrected chi connectivity index (χ0v) is 13.5. The van der Waals surface area contributed by atoms with Crippen LogP contribution in [0.2, 0.25) is 0 Å². The Kier molecular flexibility index (Phi) is 4.51. The van der Waals surface area contributed by atoms with Crippen LogP contribution < -0.4 is 5.32 Å². The van der Waals surface area contributed by atoms with Crippen LogP contribution in [-0.4, -0.2) is 53.8 Å². The molecule has 2 saturated heterocycles. The van der Waals surface area contributed by atoms with Crippen LogP contribution in [0.5, 0.6) is 0 Å². The molecule has 0 saturated carbocycles. The molecule has 2 atom stereocenters. The van der Waals surface area contributed by atoms with Crippen LogP contribution in [0, 0.1) is 5.82 Å². The number of carbonyl (C=O) groups is 3. The van der Waals surface area contributed by atoms with Gasteiger partial charge in [0.15, 0.2) is 0 Å². The number of imide groups is 1. The third-order valence-corrected chi connectivity index (χ3v) is 4.74. The van der Waals surface area contributed by atoms with Gasteiger partial charge in [0.1, 0.15) is 11.9 Å². The van der Waals surface area contributed by atoms with Crippen molar-refractivity contribution in [1.82, 2.24) is 15.1 Å². The molecule has 6 nitrogen and oxygen atoms in total. The van der Waals surface area contributed by atoms with E-state index >= 15 is 0 Å². The number of urea groups is 1. The zero-order chi connectivity index (χ0) is 17.3. The normalized spacial score (nSPS) is 23.7. The first-order valence-corrected chi connectivity index (χ1v) is 8.09. The first-order valence-electron chi connectivity index (χ1n) is 8.09. The van der Waals surface area contributed by atoms with Gasteiger partial charge in [-0.15, -0.1) is 0 Å². The summed E-state index contributed by atoms with van der Waals surface area (Å²) in [5.41, 5.74) is 0.978. The molecule has 0 aliphatic carbocycles. The summed E-state index contributed by atoms with van der Waals surface area (Å²) in [6.07, 6.45) is 1.78. The van der Waals surface area contributed by atoms with Crippen LogP contribution in [0.25, 0.3) is 0 Å². The minimum Gasteiger partial charge on any atom is -0.357 e. The molecule has 128 valence electrons. The maximum atomic E-state index is 13.1. The van der Waals surface area contributed by atoms with Crippen molar-refractivity contribution < 1.29 is 18.8 Å². The van der Waals surface area contributed by atoms with E-state index in [0.29, 0.717) is 13.1 Å². The predicted molar refractivity (Wildman–Crippen MR) is 84.7 cm³/mol. The number of β-lactam (4-membered cyclic amide) rings is 1. The average Bonchev–Trinajstić information content (AvgIpc) is 2.59. The molecule has 3 rings (SSSR count). The summed E-state index contributed by atoms with van der Waals surface area (Å²) in [7, 11) is 1.49. The molecule has 7 heteroatoms. The number of hydrogen-bond acceptors (Lipinski definition) is 3. The van der Waals surface area contributed by atoms with Gasteiger partial charge in [0, 0.05) is 26.1 Å². The Labute approximate surface area is 139 Å². The lowest BCUT2D eigenvalue weighted by molar-refractivity contribution is -0.149. The van der Waals surface area contributed by atoms with Gasteiger partial charge >= 0.3 is 6.03 Å². The topological polar surface area (TPSA) is 69.7 Å². The molecule has 2 aliphatic heterocycles. The number of benzene rings is 1. The summed E-state index contributed by atoms with van der Waals surface area (Å²) < 4.78 is 13.1. The molecule has 24 heavy (non-hydrogen) atoms. The van der Waals surface area contributed by atoms with Gasteiger partial charge in [-0.3, -0.25) is 14.5 Å². The maximum absolute atomic E-state index is 13.1. The fourth-order valence-electron chi connectivity index (χ4n) is 3.34. The standard InChI is InChI=1S/C17H20FN3O3/c1-19-16(23)14-9-15(22)21(14)17(24)20-8-2-3-12(10-20)11-4-6-13(18)7-5-11/h4-7,12,14H,2-3,8-10H2,1H3,(H,19,23). The van der Waals surface area contributed by atoms with Crippen molar-refractivity contribution in [3.63, 3.8) is 0 Å². The van der Waals surface area contributed by atoms with Crippen molar-refractivity contribution in [3.05, 3.63) is 35.6 Å². The highest BCUT2D eigenvalue weighted by atomic mass is 19.1. The van der Waals surface area contributed by atoms with Crippen LogP contribution >= 0.6 is 0 Å². The van der Waals surface area contributed by atoms with Crippen LogP contribution in [0.4, 0.5) is 9.18 Å². The number of carbonyl (C=O) groups excluding carboxylic acids is 3. The molecule has 2 aliphatic rings. The molecule has 1 N–H and O–H groups in total. The smallest absolute Gasteiger partial charge is 0.327 e. The molecule has 1 aromatic rings. The number of nitrogens with one attached hydrogen (secondary N) is 1. The second-order valence-corrected chi connectivity index (χ2v) is 6.22. The van der Waals surface area contributed by atoms with Crippen molar-refractivity contribution in [1.29, 1.82) is 0 Å². The molecule has 0 radical (unpaired) electrons. The highest BCUT2D eigenvalue weighted by Crippen LogP contribution is 2.29. The predicted octanol–water partition coefficient (Wildman–Crippen LogP) is 1.47. The number of amides is 4. The van der Waals surface area contributed by atoms with Gasteiger partial charge in [0.05, 0.1) is 6.42 Å². The van der Waals surface area contributed by atoms with Gasteiger partial charge in [-0.05, 0) is 30.5 Å². The molecular weight excluding hydrogens is 313 g/mol. The second kappa shape index (κ2) is 6.59. The number of piperidine rings is 1. The lowest BCUT2D eigenvalue weighted by Crippen LogP contribution is -2.64. The highest BCUT2D eigenvalue weighted by molar-refractivity contribution is 6.07. The SMILES string of the molecule is CNC(=O)C1CC(=O)N1C(=O)N1CCCC(c2ccc(F)cc2)C1. The Hall–Kier alpha value is -2.44. The Morgan fingerprint density at radius 1 is 1.25 bits per heavy atom. The highest BCUT2D eigenvalue weighted by Gasteiger charge is 2.47. The van der Waals surface area contributed by atoms with E-state index in [4.69, 9.17) is 0 Å². The first-order chi connectivity index (χ1) is 11.5. The van der Waals surface area contributed by atoms with Gasteiger partial charge in [-0.25, -0.2) is 9.18 Å². The fraction of sp³-hybridized carbons (Fsp3) is 0.471. The van der Waals surface area contributed by atoms with E-state index in [1.807, 2.05) is 0 Å². The maximum Gasteiger partial charge on any atom is 0.327 e. The van der Waals surface area contributed by atoms with E-state index in [2.05, 4.69) is 5.32 Å². The number of halogens is 1. The molecule has 2 heterocycles. The quantitative estimate of drug-likeness (QED) is 0.833. The third-order valence-electron chi connectivity index (χ3n) is 4.74. The van der Waals surface area contributed by atoms with Gasteiger partial charge in [-0.1, -0.05) is 12.1 Å². The monoisotopic (exact) mass is 333 g/mol. The van der Waals surface area contributed by atoms with E-state index in [9.17, 15) is 18.8 Å². The van der Waals surface area contributed by atoms with E-state index in [1.54, 1.807) is 17.0 Å². The van der Waals surface area contributed by atoms with E-state index in [0.717, 1.165) is 23.3 Å². The summed E-state index contributed by atoms with van der Waals surface area (Å²) in [6, 6.07) is 5.17.